The normalized spacial score (nSPS) is 20.1. The Labute approximate surface area is 130 Å². The lowest BCUT2D eigenvalue weighted by Gasteiger charge is -2.08. The molecule has 2 aromatic carbocycles. The second kappa shape index (κ2) is 5.48. The Kier molecular flexibility index (Phi) is 3.68. The zero-order chi connectivity index (χ0) is 15.0. The molecule has 0 aliphatic heterocycles. The largest absolute Gasteiger partial charge is 0.396 e. The van der Waals surface area contributed by atoms with E-state index in [0.717, 1.165) is 6.42 Å². The zero-order valence-electron chi connectivity index (χ0n) is 11.1. The van der Waals surface area contributed by atoms with E-state index in [0.29, 0.717) is 16.0 Å². The average Bonchev–Trinajstić information content (AvgIpc) is 3.23. The van der Waals surface area contributed by atoms with E-state index in [1.54, 1.807) is 0 Å². The Morgan fingerprint density at radius 3 is 2.71 bits per heavy atom. The first-order valence-corrected chi connectivity index (χ1v) is 7.46. The molecule has 3 rings (SSSR count). The summed E-state index contributed by atoms with van der Waals surface area (Å²) in [6, 6.07) is 12.8. The third-order valence-corrected chi connectivity index (χ3v) is 4.32. The monoisotopic (exact) mass is 348 g/mol. The third-order valence-electron chi connectivity index (χ3n) is 3.67. The van der Waals surface area contributed by atoms with E-state index in [2.05, 4.69) is 33.4 Å². The highest BCUT2D eigenvalue weighted by atomic mass is 79.9. The van der Waals surface area contributed by atoms with Crippen LogP contribution < -0.4 is 11.1 Å². The van der Waals surface area contributed by atoms with E-state index in [9.17, 15) is 9.18 Å². The fourth-order valence-electron chi connectivity index (χ4n) is 2.41. The van der Waals surface area contributed by atoms with Crippen molar-refractivity contribution < 1.29 is 9.18 Å². The topological polar surface area (TPSA) is 55.1 Å². The number of nitrogens with one attached hydrogen (secondary N) is 1. The molecule has 21 heavy (non-hydrogen) atoms. The molecule has 2 aromatic rings. The van der Waals surface area contributed by atoms with Gasteiger partial charge < -0.3 is 11.1 Å². The minimum atomic E-state index is -0.535. The van der Waals surface area contributed by atoms with Crippen LogP contribution in [0.15, 0.2) is 46.9 Å². The SMILES string of the molecule is Nc1cc(C(=O)NC2CC2c2ccccc2)c(Br)cc1F. The van der Waals surface area contributed by atoms with Crippen LogP contribution in [0, 0.1) is 5.82 Å². The van der Waals surface area contributed by atoms with Crippen molar-refractivity contribution in [2.75, 3.05) is 5.73 Å². The first-order valence-electron chi connectivity index (χ1n) is 6.66. The summed E-state index contributed by atoms with van der Waals surface area (Å²) >= 11 is 3.20. The highest BCUT2D eigenvalue weighted by Crippen LogP contribution is 2.40. The number of nitrogens with two attached hydrogens (primary N) is 1. The summed E-state index contributed by atoms with van der Waals surface area (Å²) in [5, 5.41) is 2.96. The molecule has 0 radical (unpaired) electrons. The Morgan fingerprint density at radius 1 is 1.29 bits per heavy atom. The van der Waals surface area contributed by atoms with E-state index in [1.807, 2.05) is 18.2 Å². The standard InChI is InChI=1S/C16H14BrFN2O/c17-12-8-13(18)14(19)6-11(12)16(21)20-15-7-10(15)9-4-2-1-3-5-9/h1-6,8,10,15H,7,19H2,(H,20,21). The van der Waals surface area contributed by atoms with Crippen LogP contribution in [0.25, 0.3) is 0 Å². The first-order chi connectivity index (χ1) is 10.1. The Morgan fingerprint density at radius 2 is 2.00 bits per heavy atom. The molecular weight excluding hydrogens is 335 g/mol. The molecule has 0 aromatic heterocycles. The molecule has 1 saturated carbocycles. The van der Waals surface area contributed by atoms with Crippen molar-refractivity contribution in [2.45, 2.75) is 18.4 Å². The number of nitrogen functional groups attached to an aromatic ring is 1. The van der Waals surface area contributed by atoms with Crippen LogP contribution >= 0.6 is 15.9 Å². The summed E-state index contributed by atoms with van der Waals surface area (Å²) < 4.78 is 13.7. The lowest BCUT2D eigenvalue weighted by atomic mass is 10.1. The van der Waals surface area contributed by atoms with Gasteiger partial charge in [-0.2, -0.15) is 0 Å². The van der Waals surface area contributed by atoms with Gasteiger partial charge in [-0.1, -0.05) is 30.3 Å². The number of hydrogen-bond acceptors (Lipinski definition) is 2. The third kappa shape index (κ3) is 2.93. The molecule has 0 saturated heterocycles. The fraction of sp³-hybridized carbons (Fsp3) is 0.188. The number of hydrogen-bond donors (Lipinski definition) is 2. The molecule has 3 nitrogen and oxygen atoms in total. The number of carbonyl (C=O) groups excluding carboxylic acids is 1. The van der Waals surface area contributed by atoms with Crippen LogP contribution in [0.3, 0.4) is 0 Å². The molecule has 2 unspecified atom stereocenters. The molecule has 3 N–H and O–H groups in total. The van der Waals surface area contributed by atoms with Crippen molar-refractivity contribution in [1.29, 1.82) is 0 Å². The summed E-state index contributed by atoms with van der Waals surface area (Å²) in [6.07, 6.45) is 0.921. The van der Waals surface area contributed by atoms with E-state index in [1.165, 1.54) is 17.7 Å². The Balaban J connectivity index is 1.70. The lowest BCUT2D eigenvalue weighted by Crippen LogP contribution is -2.27. The van der Waals surface area contributed by atoms with Gasteiger partial charge in [0.05, 0.1) is 11.3 Å². The van der Waals surface area contributed by atoms with Gasteiger partial charge in [0.25, 0.3) is 5.91 Å². The Bertz CT molecular complexity index is 690. The van der Waals surface area contributed by atoms with E-state index < -0.39 is 5.82 Å². The van der Waals surface area contributed by atoms with E-state index in [-0.39, 0.29) is 17.6 Å². The van der Waals surface area contributed by atoms with Crippen LogP contribution in [0.5, 0.6) is 0 Å². The summed E-state index contributed by atoms with van der Waals surface area (Å²) in [4.78, 5) is 12.2. The quantitative estimate of drug-likeness (QED) is 0.834. The number of carbonyl (C=O) groups is 1. The van der Waals surface area contributed by atoms with Crippen LogP contribution in [-0.4, -0.2) is 11.9 Å². The molecular formula is C16H14BrFN2O. The molecule has 0 spiro atoms. The van der Waals surface area contributed by atoms with Crippen LogP contribution in [0.4, 0.5) is 10.1 Å². The highest BCUT2D eigenvalue weighted by molar-refractivity contribution is 9.10. The minimum absolute atomic E-state index is 0.0289. The number of benzene rings is 2. The summed E-state index contributed by atoms with van der Waals surface area (Å²) in [6.45, 7) is 0. The lowest BCUT2D eigenvalue weighted by molar-refractivity contribution is 0.0949. The second-order valence-electron chi connectivity index (χ2n) is 5.19. The fourth-order valence-corrected chi connectivity index (χ4v) is 2.90. The maximum atomic E-state index is 13.3. The summed E-state index contributed by atoms with van der Waals surface area (Å²) in [7, 11) is 0. The zero-order valence-corrected chi connectivity index (χ0v) is 12.7. The number of rotatable bonds is 3. The van der Waals surface area contributed by atoms with Crippen LogP contribution in [0.2, 0.25) is 0 Å². The maximum Gasteiger partial charge on any atom is 0.252 e. The molecule has 0 bridgehead atoms. The van der Waals surface area contributed by atoms with Gasteiger partial charge in [-0.25, -0.2) is 4.39 Å². The molecule has 2 atom stereocenters. The number of amides is 1. The predicted octanol–water partition coefficient (Wildman–Crippen LogP) is 3.46. The van der Waals surface area contributed by atoms with Crippen molar-refractivity contribution in [2.24, 2.45) is 0 Å². The van der Waals surface area contributed by atoms with E-state index >= 15 is 0 Å². The molecule has 1 fully saturated rings. The smallest absolute Gasteiger partial charge is 0.252 e. The van der Waals surface area contributed by atoms with Crippen molar-refractivity contribution >= 4 is 27.5 Å². The highest BCUT2D eigenvalue weighted by Gasteiger charge is 2.39. The van der Waals surface area contributed by atoms with Gasteiger partial charge in [-0.3, -0.25) is 4.79 Å². The van der Waals surface area contributed by atoms with Gasteiger partial charge in [0.1, 0.15) is 5.82 Å². The molecule has 1 aliphatic rings. The minimum Gasteiger partial charge on any atom is -0.396 e. The number of anilines is 1. The second-order valence-corrected chi connectivity index (χ2v) is 6.04. The summed E-state index contributed by atoms with van der Waals surface area (Å²) in [5.41, 5.74) is 7.06. The van der Waals surface area contributed by atoms with Gasteiger partial charge in [0.15, 0.2) is 0 Å². The van der Waals surface area contributed by atoms with Crippen molar-refractivity contribution in [3.63, 3.8) is 0 Å². The van der Waals surface area contributed by atoms with Gasteiger partial charge in [-0.15, -0.1) is 0 Å². The van der Waals surface area contributed by atoms with Gasteiger partial charge in [0, 0.05) is 16.4 Å². The van der Waals surface area contributed by atoms with Gasteiger partial charge >= 0.3 is 0 Å². The van der Waals surface area contributed by atoms with Crippen LogP contribution in [0.1, 0.15) is 28.3 Å². The molecule has 5 heteroatoms. The molecule has 1 amide bonds. The van der Waals surface area contributed by atoms with Crippen LogP contribution in [-0.2, 0) is 0 Å². The maximum absolute atomic E-state index is 13.3. The Hall–Kier alpha value is -1.88. The molecule has 1 aliphatic carbocycles. The van der Waals surface area contributed by atoms with Crippen molar-refractivity contribution in [3.8, 4) is 0 Å². The van der Waals surface area contributed by atoms with Gasteiger partial charge in [-0.05, 0) is 40.0 Å². The molecule has 0 heterocycles. The number of halogens is 2. The van der Waals surface area contributed by atoms with E-state index in [4.69, 9.17) is 5.73 Å². The van der Waals surface area contributed by atoms with Gasteiger partial charge in [0.2, 0.25) is 0 Å². The van der Waals surface area contributed by atoms with Crippen molar-refractivity contribution in [3.05, 3.63) is 63.9 Å². The molecule has 108 valence electrons. The summed E-state index contributed by atoms with van der Waals surface area (Å²) in [5.74, 6) is -0.421. The average molecular weight is 349 g/mol. The first kappa shape index (κ1) is 14.1. The predicted molar refractivity (Wildman–Crippen MR) is 83.6 cm³/mol. The van der Waals surface area contributed by atoms with Crippen molar-refractivity contribution in [1.82, 2.24) is 5.32 Å².